The number of hydrogen-bond donors (Lipinski definition) is 2. The lowest BCUT2D eigenvalue weighted by Crippen LogP contribution is -2.17. The van der Waals surface area contributed by atoms with Gasteiger partial charge in [0, 0.05) is 17.9 Å². The van der Waals surface area contributed by atoms with E-state index in [0.29, 0.717) is 17.3 Å². The number of amides is 1. The topological polar surface area (TPSA) is 60.1 Å². The predicted octanol–water partition coefficient (Wildman–Crippen LogP) is 4.03. The van der Waals surface area contributed by atoms with Gasteiger partial charge in [-0.2, -0.15) is 0 Å². The van der Waals surface area contributed by atoms with Crippen LogP contribution in [0.5, 0.6) is 0 Å². The van der Waals surface area contributed by atoms with E-state index in [9.17, 15) is 4.79 Å². The van der Waals surface area contributed by atoms with Gasteiger partial charge in [0.1, 0.15) is 5.69 Å². The average Bonchev–Trinajstić information content (AvgIpc) is 2.81. The second-order valence-corrected chi connectivity index (χ2v) is 5.89. The molecule has 3 N–H and O–H groups in total. The smallest absolute Gasteiger partial charge is 0.272 e. The largest absolute Gasteiger partial charge is 0.397 e. The molecule has 2 rings (SSSR count). The number of nitrogens with two attached hydrogens (primary N) is 1. The SMILES string of the molecule is CC(C)c1cccc(NC(=O)c2cc(N)cn2C(C)C)c1. The number of anilines is 2. The summed E-state index contributed by atoms with van der Waals surface area (Å²) in [5.74, 6) is 0.290. The van der Waals surface area contributed by atoms with Crippen LogP contribution in [0.15, 0.2) is 36.5 Å². The van der Waals surface area contributed by atoms with Gasteiger partial charge in [0.15, 0.2) is 0 Å². The highest BCUT2D eigenvalue weighted by molar-refractivity contribution is 6.03. The van der Waals surface area contributed by atoms with Gasteiger partial charge in [-0.1, -0.05) is 26.0 Å². The van der Waals surface area contributed by atoms with Gasteiger partial charge in [-0.15, -0.1) is 0 Å². The molecule has 4 heteroatoms. The quantitative estimate of drug-likeness (QED) is 0.891. The van der Waals surface area contributed by atoms with Gasteiger partial charge >= 0.3 is 0 Å². The van der Waals surface area contributed by atoms with E-state index in [1.165, 1.54) is 5.56 Å². The number of carbonyl (C=O) groups excluding carboxylic acids is 1. The van der Waals surface area contributed by atoms with Crippen molar-refractivity contribution in [2.75, 3.05) is 11.1 Å². The number of rotatable bonds is 4. The summed E-state index contributed by atoms with van der Waals surface area (Å²) in [6.07, 6.45) is 1.80. The molecule has 1 amide bonds. The van der Waals surface area contributed by atoms with Crippen LogP contribution in [0, 0.1) is 0 Å². The highest BCUT2D eigenvalue weighted by Gasteiger charge is 2.15. The third-order valence-electron chi connectivity index (χ3n) is 3.47. The van der Waals surface area contributed by atoms with Crippen molar-refractivity contribution in [1.82, 2.24) is 4.57 Å². The van der Waals surface area contributed by atoms with E-state index in [-0.39, 0.29) is 11.9 Å². The Kier molecular flexibility index (Phi) is 4.36. The maximum Gasteiger partial charge on any atom is 0.272 e. The summed E-state index contributed by atoms with van der Waals surface area (Å²) in [7, 11) is 0. The minimum Gasteiger partial charge on any atom is -0.397 e. The van der Waals surface area contributed by atoms with Crippen LogP contribution in [-0.4, -0.2) is 10.5 Å². The van der Waals surface area contributed by atoms with Gasteiger partial charge in [-0.3, -0.25) is 4.79 Å². The van der Waals surface area contributed by atoms with Crippen molar-refractivity contribution in [3.63, 3.8) is 0 Å². The zero-order chi connectivity index (χ0) is 15.6. The van der Waals surface area contributed by atoms with Crippen LogP contribution < -0.4 is 11.1 Å². The number of nitrogens with one attached hydrogen (secondary N) is 1. The molecule has 0 saturated heterocycles. The summed E-state index contributed by atoms with van der Waals surface area (Å²) in [5.41, 5.74) is 9.00. The lowest BCUT2D eigenvalue weighted by Gasteiger charge is -2.13. The molecule has 21 heavy (non-hydrogen) atoms. The molecule has 1 aromatic carbocycles. The lowest BCUT2D eigenvalue weighted by atomic mass is 10.0. The molecule has 2 aromatic rings. The van der Waals surface area contributed by atoms with Crippen molar-refractivity contribution >= 4 is 17.3 Å². The Labute approximate surface area is 126 Å². The molecule has 0 aliphatic heterocycles. The van der Waals surface area contributed by atoms with Crippen LogP contribution in [0.4, 0.5) is 11.4 Å². The van der Waals surface area contributed by atoms with Crippen molar-refractivity contribution in [2.45, 2.75) is 39.7 Å². The van der Waals surface area contributed by atoms with E-state index in [4.69, 9.17) is 5.73 Å². The normalized spacial score (nSPS) is 11.1. The van der Waals surface area contributed by atoms with Gasteiger partial charge in [0.2, 0.25) is 0 Å². The molecule has 0 bridgehead atoms. The van der Waals surface area contributed by atoms with Gasteiger partial charge in [-0.25, -0.2) is 0 Å². The molecule has 112 valence electrons. The Morgan fingerprint density at radius 1 is 1.19 bits per heavy atom. The summed E-state index contributed by atoms with van der Waals surface area (Å²) in [6.45, 7) is 8.31. The second kappa shape index (κ2) is 6.04. The zero-order valence-electron chi connectivity index (χ0n) is 13.1. The van der Waals surface area contributed by atoms with Gasteiger partial charge in [-0.05, 0) is 43.5 Å². The summed E-state index contributed by atoms with van der Waals surface area (Å²) >= 11 is 0. The molecule has 0 aliphatic rings. The highest BCUT2D eigenvalue weighted by atomic mass is 16.1. The molecule has 0 spiro atoms. The third-order valence-corrected chi connectivity index (χ3v) is 3.47. The molecule has 0 aliphatic carbocycles. The molecular formula is C17H23N3O. The van der Waals surface area contributed by atoms with Crippen molar-refractivity contribution in [2.24, 2.45) is 0 Å². The number of hydrogen-bond acceptors (Lipinski definition) is 2. The molecule has 0 fully saturated rings. The summed E-state index contributed by atoms with van der Waals surface area (Å²) in [4.78, 5) is 12.4. The predicted molar refractivity (Wildman–Crippen MR) is 87.7 cm³/mol. The first-order valence-corrected chi connectivity index (χ1v) is 7.27. The summed E-state index contributed by atoms with van der Waals surface area (Å²) < 4.78 is 1.89. The minimum atomic E-state index is -0.138. The van der Waals surface area contributed by atoms with Crippen molar-refractivity contribution < 1.29 is 4.79 Å². The molecule has 0 saturated carbocycles. The van der Waals surface area contributed by atoms with Crippen LogP contribution in [-0.2, 0) is 0 Å². The van der Waals surface area contributed by atoms with E-state index in [1.54, 1.807) is 12.3 Å². The van der Waals surface area contributed by atoms with Crippen molar-refractivity contribution in [3.8, 4) is 0 Å². The Morgan fingerprint density at radius 2 is 1.90 bits per heavy atom. The van der Waals surface area contributed by atoms with E-state index < -0.39 is 0 Å². The average molecular weight is 285 g/mol. The van der Waals surface area contributed by atoms with Gasteiger partial charge in [0.05, 0.1) is 5.69 Å². The molecule has 0 atom stereocenters. The van der Waals surface area contributed by atoms with Gasteiger partial charge < -0.3 is 15.6 Å². The molecule has 4 nitrogen and oxygen atoms in total. The Hall–Kier alpha value is -2.23. The maximum atomic E-state index is 12.4. The van der Waals surface area contributed by atoms with Crippen molar-refractivity contribution in [3.05, 3.63) is 47.8 Å². The van der Waals surface area contributed by atoms with E-state index in [0.717, 1.165) is 5.69 Å². The minimum absolute atomic E-state index is 0.138. The zero-order valence-corrected chi connectivity index (χ0v) is 13.1. The number of carbonyl (C=O) groups is 1. The molecule has 1 aromatic heterocycles. The van der Waals surface area contributed by atoms with E-state index >= 15 is 0 Å². The lowest BCUT2D eigenvalue weighted by molar-refractivity contribution is 0.101. The Bertz CT molecular complexity index is 641. The van der Waals surface area contributed by atoms with Crippen LogP contribution in [0.2, 0.25) is 0 Å². The number of benzene rings is 1. The first kappa shape index (κ1) is 15.2. The van der Waals surface area contributed by atoms with E-state index in [1.807, 2.05) is 36.6 Å². The monoisotopic (exact) mass is 285 g/mol. The van der Waals surface area contributed by atoms with Crippen molar-refractivity contribution in [1.29, 1.82) is 0 Å². The Balaban J connectivity index is 2.24. The standard InChI is InChI=1S/C17H23N3O/c1-11(2)13-6-5-7-15(8-13)19-17(21)16-9-14(18)10-20(16)12(3)4/h5-12H,18H2,1-4H3,(H,19,21). The van der Waals surface area contributed by atoms with Gasteiger partial charge in [0.25, 0.3) is 5.91 Å². The second-order valence-electron chi connectivity index (χ2n) is 5.89. The highest BCUT2D eigenvalue weighted by Crippen LogP contribution is 2.21. The summed E-state index contributed by atoms with van der Waals surface area (Å²) in [5, 5.41) is 2.95. The van der Waals surface area contributed by atoms with Crippen LogP contribution in [0.1, 0.15) is 55.7 Å². The first-order chi connectivity index (χ1) is 9.88. The fraction of sp³-hybridized carbons (Fsp3) is 0.353. The molecule has 0 radical (unpaired) electrons. The number of nitrogen functional groups attached to an aromatic ring is 1. The first-order valence-electron chi connectivity index (χ1n) is 7.27. The molecular weight excluding hydrogens is 262 g/mol. The van der Waals surface area contributed by atoms with E-state index in [2.05, 4.69) is 25.2 Å². The number of aromatic nitrogens is 1. The third kappa shape index (κ3) is 3.45. The number of nitrogens with zero attached hydrogens (tertiary/aromatic N) is 1. The fourth-order valence-electron chi connectivity index (χ4n) is 2.28. The Morgan fingerprint density at radius 3 is 2.52 bits per heavy atom. The maximum absolute atomic E-state index is 12.4. The van der Waals surface area contributed by atoms with Crippen LogP contribution in [0.3, 0.4) is 0 Å². The van der Waals surface area contributed by atoms with Crippen LogP contribution >= 0.6 is 0 Å². The summed E-state index contributed by atoms with van der Waals surface area (Å²) in [6, 6.07) is 9.83. The molecule has 0 unspecified atom stereocenters. The fourth-order valence-corrected chi connectivity index (χ4v) is 2.28. The molecule has 1 heterocycles. The van der Waals surface area contributed by atoms with Crippen LogP contribution in [0.25, 0.3) is 0 Å².